The summed E-state index contributed by atoms with van der Waals surface area (Å²) in [5, 5.41) is 0. The van der Waals surface area contributed by atoms with Gasteiger partial charge in [-0.25, -0.2) is 0 Å². The SMILES string of the molecule is Cc1cccc(C)c1CC(=O)c1cc(Br)sc1Br. The molecule has 0 aliphatic heterocycles. The fraction of sp³-hybridized carbons (Fsp3) is 0.214. The van der Waals surface area contributed by atoms with E-state index in [0.29, 0.717) is 6.42 Å². The predicted molar refractivity (Wildman–Crippen MR) is 83.7 cm³/mol. The highest BCUT2D eigenvalue weighted by Gasteiger charge is 2.15. The Labute approximate surface area is 127 Å². The van der Waals surface area contributed by atoms with Gasteiger partial charge in [-0.1, -0.05) is 18.2 Å². The molecule has 4 heteroatoms. The molecule has 2 rings (SSSR count). The molecule has 0 saturated heterocycles. The number of carbonyl (C=O) groups is 1. The lowest BCUT2D eigenvalue weighted by molar-refractivity contribution is 0.0992. The molecule has 0 N–H and O–H groups in total. The van der Waals surface area contributed by atoms with Gasteiger partial charge in [-0.2, -0.15) is 0 Å². The van der Waals surface area contributed by atoms with Crippen LogP contribution in [0.5, 0.6) is 0 Å². The average Bonchev–Trinajstić information content (AvgIpc) is 2.63. The highest BCUT2D eigenvalue weighted by atomic mass is 79.9. The van der Waals surface area contributed by atoms with Crippen molar-refractivity contribution in [1.82, 2.24) is 0 Å². The second-order valence-electron chi connectivity index (χ2n) is 4.21. The van der Waals surface area contributed by atoms with Crippen LogP contribution < -0.4 is 0 Å². The number of hydrogen-bond donors (Lipinski definition) is 0. The highest BCUT2D eigenvalue weighted by Crippen LogP contribution is 2.32. The zero-order valence-electron chi connectivity index (χ0n) is 10.1. The summed E-state index contributed by atoms with van der Waals surface area (Å²) in [5.74, 6) is 0.154. The molecule has 0 amide bonds. The van der Waals surface area contributed by atoms with Crippen LogP contribution in [0.15, 0.2) is 31.8 Å². The quantitative estimate of drug-likeness (QED) is 0.651. The Bertz CT molecular complexity index is 582. The lowest BCUT2D eigenvalue weighted by Gasteiger charge is -2.08. The summed E-state index contributed by atoms with van der Waals surface area (Å²) in [6, 6.07) is 8.00. The number of Topliss-reactive ketones (excluding diaryl/α,β-unsaturated/α-hetero) is 1. The van der Waals surface area contributed by atoms with Crippen LogP contribution in [0.25, 0.3) is 0 Å². The van der Waals surface area contributed by atoms with Crippen LogP contribution in [-0.4, -0.2) is 5.78 Å². The maximum absolute atomic E-state index is 12.3. The van der Waals surface area contributed by atoms with Gasteiger partial charge < -0.3 is 0 Å². The number of halogens is 2. The third-order valence-corrected chi connectivity index (χ3v) is 5.28. The van der Waals surface area contributed by atoms with Crippen molar-refractivity contribution < 1.29 is 4.79 Å². The number of aryl methyl sites for hydroxylation is 2. The van der Waals surface area contributed by atoms with Gasteiger partial charge in [-0.15, -0.1) is 11.3 Å². The van der Waals surface area contributed by atoms with Crippen LogP contribution in [-0.2, 0) is 6.42 Å². The van der Waals surface area contributed by atoms with Crippen molar-refractivity contribution in [2.45, 2.75) is 20.3 Å². The van der Waals surface area contributed by atoms with E-state index in [2.05, 4.69) is 31.9 Å². The van der Waals surface area contributed by atoms with E-state index in [9.17, 15) is 4.79 Å². The van der Waals surface area contributed by atoms with E-state index in [4.69, 9.17) is 0 Å². The van der Waals surface area contributed by atoms with Gasteiger partial charge in [0.05, 0.1) is 7.57 Å². The minimum atomic E-state index is 0.154. The maximum atomic E-state index is 12.3. The van der Waals surface area contributed by atoms with E-state index in [1.165, 1.54) is 22.5 Å². The second-order valence-corrected chi connectivity index (χ2v) is 7.96. The molecule has 1 heterocycles. The smallest absolute Gasteiger partial charge is 0.169 e. The summed E-state index contributed by atoms with van der Waals surface area (Å²) < 4.78 is 1.87. The zero-order valence-corrected chi connectivity index (χ0v) is 14.1. The first kappa shape index (κ1) is 14.0. The molecule has 0 spiro atoms. The number of ketones is 1. The molecule has 0 fully saturated rings. The summed E-state index contributed by atoms with van der Waals surface area (Å²) in [5.41, 5.74) is 4.24. The first-order valence-corrected chi connectivity index (χ1v) is 7.92. The Kier molecular flexibility index (Phi) is 4.41. The molecule has 0 aliphatic carbocycles. The van der Waals surface area contributed by atoms with Crippen LogP contribution in [0.2, 0.25) is 0 Å². The number of thiophene rings is 1. The van der Waals surface area contributed by atoms with Crippen LogP contribution >= 0.6 is 43.2 Å². The summed E-state index contributed by atoms with van der Waals surface area (Å²) >= 11 is 8.37. The topological polar surface area (TPSA) is 17.1 Å². The largest absolute Gasteiger partial charge is 0.294 e. The first-order chi connectivity index (χ1) is 8.49. The molecule has 1 aromatic carbocycles. The molecular weight excluding hydrogens is 376 g/mol. The Balaban J connectivity index is 2.30. The molecule has 1 nitrogen and oxygen atoms in total. The van der Waals surface area contributed by atoms with Gasteiger partial charge in [0, 0.05) is 12.0 Å². The fourth-order valence-electron chi connectivity index (χ4n) is 1.91. The summed E-state index contributed by atoms with van der Waals surface area (Å²) in [7, 11) is 0. The van der Waals surface area contributed by atoms with Gasteiger partial charge in [-0.3, -0.25) is 4.79 Å². The lowest BCUT2D eigenvalue weighted by atomic mass is 9.96. The molecule has 2 aromatic rings. The van der Waals surface area contributed by atoms with E-state index >= 15 is 0 Å². The highest BCUT2D eigenvalue weighted by molar-refractivity contribution is 9.12. The van der Waals surface area contributed by atoms with E-state index in [0.717, 1.165) is 18.7 Å². The maximum Gasteiger partial charge on any atom is 0.169 e. The van der Waals surface area contributed by atoms with Crippen LogP contribution in [0.4, 0.5) is 0 Å². The van der Waals surface area contributed by atoms with Gasteiger partial charge in [-0.05, 0) is 68.5 Å². The van der Waals surface area contributed by atoms with E-state index < -0.39 is 0 Å². The van der Waals surface area contributed by atoms with Crippen LogP contribution in [0.1, 0.15) is 27.0 Å². The minimum Gasteiger partial charge on any atom is -0.294 e. The van der Waals surface area contributed by atoms with Crippen molar-refractivity contribution in [3.8, 4) is 0 Å². The molecule has 18 heavy (non-hydrogen) atoms. The van der Waals surface area contributed by atoms with Gasteiger partial charge in [0.2, 0.25) is 0 Å². The zero-order chi connectivity index (χ0) is 13.3. The van der Waals surface area contributed by atoms with E-state index in [1.54, 1.807) is 0 Å². The Hall–Kier alpha value is -0.450. The predicted octanol–water partition coefficient (Wildman–Crippen LogP) is 5.32. The number of carbonyl (C=O) groups excluding carboxylic acids is 1. The van der Waals surface area contributed by atoms with Gasteiger partial charge in [0.1, 0.15) is 0 Å². The fourth-order valence-corrected chi connectivity index (χ4v) is 4.77. The van der Waals surface area contributed by atoms with Crippen molar-refractivity contribution in [3.05, 3.63) is 54.1 Å². The van der Waals surface area contributed by atoms with Gasteiger partial charge >= 0.3 is 0 Å². The molecule has 0 bridgehead atoms. The van der Waals surface area contributed by atoms with Crippen molar-refractivity contribution in [2.75, 3.05) is 0 Å². The van der Waals surface area contributed by atoms with Crippen molar-refractivity contribution >= 4 is 49.0 Å². The second kappa shape index (κ2) is 5.68. The number of rotatable bonds is 3. The standard InChI is InChI=1S/C14H12Br2OS/c1-8-4-3-5-9(2)10(8)6-12(17)11-7-13(15)18-14(11)16/h3-5,7H,6H2,1-2H3. The van der Waals surface area contributed by atoms with Gasteiger partial charge in [0.15, 0.2) is 5.78 Å². The number of benzene rings is 1. The molecule has 1 aromatic heterocycles. The molecule has 0 unspecified atom stereocenters. The Morgan fingerprint density at radius 3 is 2.33 bits per heavy atom. The average molecular weight is 388 g/mol. The van der Waals surface area contributed by atoms with Crippen LogP contribution in [0.3, 0.4) is 0 Å². The first-order valence-electron chi connectivity index (χ1n) is 5.52. The molecule has 0 saturated carbocycles. The molecule has 0 aliphatic rings. The van der Waals surface area contributed by atoms with Crippen molar-refractivity contribution in [1.29, 1.82) is 0 Å². The van der Waals surface area contributed by atoms with Crippen LogP contribution in [0, 0.1) is 13.8 Å². The third-order valence-electron chi connectivity index (χ3n) is 2.94. The molecular formula is C14H12Br2OS. The van der Waals surface area contributed by atoms with Gasteiger partial charge in [0.25, 0.3) is 0 Å². The Morgan fingerprint density at radius 2 is 1.83 bits per heavy atom. The van der Waals surface area contributed by atoms with E-state index in [1.807, 2.05) is 38.1 Å². The number of hydrogen-bond acceptors (Lipinski definition) is 2. The van der Waals surface area contributed by atoms with E-state index in [-0.39, 0.29) is 5.78 Å². The van der Waals surface area contributed by atoms with Crippen molar-refractivity contribution in [2.24, 2.45) is 0 Å². The molecule has 94 valence electrons. The summed E-state index contributed by atoms with van der Waals surface area (Å²) in [4.78, 5) is 12.3. The monoisotopic (exact) mass is 386 g/mol. The molecule has 0 radical (unpaired) electrons. The Morgan fingerprint density at radius 1 is 1.22 bits per heavy atom. The lowest BCUT2D eigenvalue weighted by Crippen LogP contribution is -2.06. The normalized spacial score (nSPS) is 10.7. The summed E-state index contributed by atoms with van der Waals surface area (Å²) in [6.07, 6.45) is 0.459. The van der Waals surface area contributed by atoms with Crippen molar-refractivity contribution in [3.63, 3.8) is 0 Å². The molecule has 0 atom stereocenters. The minimum absolute atomic E-state index is 0.154. The summed E-state index contributed by atoms with van der Waals surface area (Å²) in [6.45, 7) is 4.10. The third kappa shape index (κ3) is 2.92.